The minimum atomic E-state index is -0.187. The van der Waals surface area contributed by atoms with Crippen molar-refractivity contribution in [3.8, 4) is 0 Å². The molecule has 4 nitrogen and oxygen atoms in total. The van der Waals surface area contributed by atoms with Gasteiger partial charge in [-0.25, -0.2) is 0 Å². The third kappa shape index (κ3) is 7.77. The molecule has 1 atom stereocenters. The molecule has 0 spiro atoms. The Labute approximate surface area is 104 Å². The summed E-state index contributed by atoms with van der Waals surface area (Å²) in [5.74, 6) is -0.331. The van der Waals surface area contributed by atoms with E-state index >= 15 is 0 Å². The molecule has 0 saturated carbocycles. The van der Waals surface area contributed by atoms with Crippen LogP contribution in [0.25, 0.3) is 0 Å². The Kier molecular flexibility index (Phi) is 9.49. The van der Waals surface area contributed by atoms with Crippen LogP contribution < -0.4 is 0 Å². The van der Waals surface area contributed by atoms with Gasteiger partial charge in [-0.05, 0) is 19.3 Å². The van der Waals surface area contributed by atoms with E-state index in [4.69, 9.17) is 4.74 Å². The highest BCUT2D eigenvalue weighted by Gasteiger charge is 2.17. The van der Waals surface area contributed by atoms with E-state index in [-0.39, 0.29) is 17.9 Å². The number of methoxy groups -OCH3 is 2. The molecule has 17 heavy (non-hydrogen) atoms. The third-order valence-electron chi connectivity index (χ3n) is 2.85. The lowest BCUT2D eigenvalue weighted by molar-refractivity contribution is -0.146. The quantitative estimate of drug-likeness (QED) is 0.462. The Morgan fingerprint density at radius 1 is 1.00 bits per heavy atom. The van der Waals surface area contributed by atoms with Crippen molar-refractivity contribution in [3.63, 3.8) is 0 Å². The molecule has 1 unspecified atom stereocenters. The van der Waals surface area contributed by atoms with Crippen molar-refractivity contribution in [3.05, 3.63) is 0 Å². The van der Waals surface area contributed by atoms with Crippen LogP contribution in [-0.4, -0.2) is 26.2 Å². The summed E-state index contributed by atoms with van der Waals surface area (Å²) >= 11 is 0. The van der Waals surface area contributed by atoms with Gasteiger partial charge in [0.25, 0.3) is 0 Å². The summed E-state index contributed by atoms with van der Waals surface area (Å²) in [4.78, 5) is 22.4. The molecule has 0 aromatic heterocycles. The summed E-state index contributed by atoms with van der Waals surface area (Å²) < 4.78 is 9.34. The summed E-state index contributed by atoms with van der Waals surface area (Å²) in [5.41, 5.74) is 0. The molecule has 100 valence electrons. The fourth-order valence-electron chi connectivity index (χ4n) is 1.76. The molecule has 0 heterocycles. The van der Waals surface area contributed by atoms with Crippen molar-refractivity contribution >= 4 is 11.9 Å². The smallest absolute Gasteiger partial charge is 0.308 e. The highest BCUT2D eigenvalue weighted by molar-refractivity contribution is 5.72. The van der Waals surface area contributed by atoms with E-state index in [0.717, 1.165) is 38.5 Å². The number of unbranched alkanes of at least 4 members (excludes halogenated alkanes) is 2. The van der Waals surface area contributed by atoms with Gasteiger partial charge in [0, 0.05) is 6.42 Å². The van der Waals surface area contributed by atoms with Crippen LogP contribution in [0.2, 0.25) is 0 Å². The first-order valence-electron chi connectivity index (χ1n) is 6.30. The maximum Gasteiger partial charge on any atom is 0.308 e. The lowest BCUT2D eigenvalue weighted by atomic mass is 9.95. The van der Waals surface area contributed by atoms with Crippen LogP contribution in [0.4, 0.5) is 0 Å². The van der Waals surface area contributed by atoms with Gasteiger partial charge in [0.1, 0.15) is 0 Å². The van der Waals surface area contributed by atoms with Crippen LogP contribution in [0.3, 0.4) is 0 Å². The second kappa shape index (κ2) is 10.1. The first-order valence-corrected chi connectivity index (χ1v) is 6.30. The van der Waals surface area contributed by atoms with Gasteiger partial charge >= 0.3 is 11.9 Å². The van der Waals surface area contributed by atoms with Crippen LogP contribution in [0.1, 0.15) is 51.9 Å². The van der Waals surface area contributed by atoms with Gasteiger partial charge in [0.05, 0.1) is 20.1 Å². The lowest BCUT2D eigenvalue weighted by Gasteiger charge is -2.13. The molecule has 0 fully saturated rings. The Morgan fingerprint density at radius 2 is 1.65 bits per heavy atom. The van der Waals surface area contributed by atoms with Crippen molar-refractivity contribution in [2.24, 2.45) is 5.92 Å². The van der Waals surface area contributed by atoms with Crippen molar-refractivity contribution in [2.45, 2.75) is 51.9 Å². The summed E-state index contributed by atoms with van der Waals surface area (Å²) in [7, 11) is 2.82. The number of carbonyl (C=O) groups excluding carboxylic acids is 2. The van der Waals surface area contributed by atoms with Gasteiger partial charge in [0.15, 0.2) is 0 Å². The van der Waals surface area contributed by atoms with Crippen LogP contribution in [-0.2, 0) is 19.1 Å². The van der Waals surface area contributed by atoms with E-state index < -0.39 is 0 Å². The van der Waals surface area contributed by atoms with E-state index in [1.54, 1.807) is 0 Å². The van der Waals surface area contributed by atoms with E-state index in [1.165, 1.54) is 14.2 Å². The molecular formula is C13H24O4. The number of hydrogen-bond donors (Lipinski definition) is 0. The SMILES string of the molecule is CCCCC(CCCCC(=O)OC)C(=O)OC. The Morgan fingerprint density at radius 3 is 2.18 bits per heavy atom. The predicted molar refractivity (Wildman–Crippen MR) is 65.5 cm³/mol. The Bertz CT molecular complexity index is 225. The van der Waals surface area contributed by atoms with E-state index in [1.807, 2.05) is 0 Å². The minimum Gasteiger partial charge on any atom is -0.469 e. The van der Waals surface area contributed by atoms with Gasteiger partial charge in [-0.2, -0.15) is 0 Å². The first-order chi connectivity index (χ1) is 8.15. The Balaban J connectivity index is 3.83. The molecule has 0 rings (SSSR count). The zero-order valence-electron chi connectivity index (χ0n) is 11.2. The van der Waals surface area contributed by atoms with E-state index in [9.17, 15) is 9.59 Å². The first kappa shape index (κ1) is 15.9. The molecule has 4 heteroatoms. The molecule has 0 radical (unpaired) electrons. The number of carbonyl (C=O) groups is 2. The fraction of sp³-hybridized carbons (Fsp3) is 0.846. The standard InChI is InChI=1S/C13H24O4/c1-4-5-8-11(13(15)17-3)9-6-7-10-12(14)16-2/h11H,4-10H2,1-3H3. The topological polar surface area (TPSA) is 52.6 Å². The zero-order valence-corrected chi connectivity index (χ0v) is 11.2. The van der Waals surface area contributed by atoms with Gasteiger partial charge in [-0.15, -0.1) is 0 Å². The molecule has 0 aromatic carbocycles. The summed E-state index contributed by atoms with van der Waals surface area (Å²) in [6, 6.07) is 0. The summed E-state index contributed by atoms with van der Waals surface area (Å²) in [6.07, 6.45) is 5.85. The zero-order chi connectivity index (χ0) is 13.1. The molecule has 0 N–H and O–H groups in total. The molecule has 0 aliphatic rings. The van der Waals surface area contributed by atoms with Gasteiger partial charge < -0.3 is 9.47 Å². The number of esters is 2. The lowest BCUT2D eigenvalue weighted by Crippen LogP contribution is -2.16. The third-order valence-corrected chi connectivity index (χ3v) is 2.85. The van der Waals surface area contributed by atoms with Crippen molar-refractivity contribution in [1.82, 2.24) is 0 Å². The molecule has 0 amide bonds. The number of hydrogen-bond acceptors (Lipinski definition) is 4. The highest BCUT2D eigenvalue weighted by Crippen LogP contribution is 2.18. The largest absolute Gasteiger partial charge is 0.469 e. The predicted octanol–water partition coefficient (Wildman–Crippen LogP) is 2.70. The monoisotopic (exact) mass is 244 g/mol. The van der Waals surface area contributed by atoms with E-state index in [2.05, 4.69) is 11.7 Å². The van der Waals surface area contributed by atoms with Crippen molar-refractivity contribution in [2.75, 3.05) is 14.2 Å². The van der Waals surface area contributed by atoms with Crippen LogP contribution in [0, 0.1) is 5.92 Å². The molecule has 0 aromatic rings. The molecule has 0 aliphatic heterocycles. The van der Waals surface area contributed by atoms with Gasteiger partial charge in [0.2, 0.25) is 0 Å². The number of ether oxygens (including phenoxy) is 2. The summed E-state index contributed by atoms with van der Waals surface area (Å²) in [5, 5.41) is 0. The van der Waals surface area contributed by atoms with Gasteiger partial charge in [-0.3, -0.25) is 9.59 Å². The summed E-state index contributed by atoms with van der Waals surface area (Å²) in [6.45, 7) is 2.10. The molecular weight excluding hydrogens is 220 g/mol. The average Bonchev–Trinajstić information content (AvgIpc) is 2.36. The minimum absolute atomic E-state index is 0.0161. The molecule has 0 bridgehead atoms. The second-order valence-corrected chi connectivity index (χ2v) is 4.18. The molecule has 0 aliphatic carbocycles. The van der Waals surface area contributed by atoms with Crippen LogP contribution >= 0.6 is 0 Å². The Hall–Kier alpha value is -1.06. The fourth-order valence-corrected chi connectivity index (χ4v) is 1.76. The normalized spacial score (nSPS) is 11.9. The van der Waals surface area contributed by atoms with Crippen molar-refractivity contribution < 1.29 is 19.1 Å². The maximum absolute atomic E-state index is 11.5. The van der Waals surface area contributed by atoms with Crippen LogP contribution in [0.15, 0.2) is 0 Å². The maximum atomic E-state index is 11.5. The average molecular weight is 244 g/mol. The molecule has 0 saturated heterocycles. The van der Waals surface area contributed by atoms with Gasteiger partial charge in [-0.1, -0.05) is 26.2 Å². The van der Waals surface area contributed by atoms with Crippen LogP contribution in [0.5, 0.6) is 0 Å². The van der Waals surface area contributed by atoms with Crippen molar-refractivity contribution in [1.29, 1.82) is 0 Å². The second-order valence-electron chi connectivity index (χ2n) is 4.18. The number of rotatable bonds is 9. The highest BCUT2D eigenvalue weighted by atomic mass is 16.5. The van der Waals surface area contributed by atoms with E-state index in [0.29, 0.717) is 6.42 Å².